The fourth-order valence-electron chi connectivity index (χ4n) is 3.23. The molecule has 1 aliphatic heterocycles. The SMILES string of the molecule is CC1=C2C(=O)C[C@@H](c3ccco3)CC2=Nc2ccccc2N1. The predicted molar refractivity (Wildman–Crippen MR) is 85.5 cm³/mol. The third-order valence-electron chi connectivity index (χ3n) is 4.24. The van der Waals surface area contributed by atoms with E-state index in [-0.39, 0.29) is 11.7 Å². The smallest absolute Gasteiger partial charge is 0.167 e. The van der Waals surface area contributed by atoms with E-state index in [4.69, 9.17) is 9.41 Å². The van der Waals surface area contributed by atoms with Crippen LogP contribution in [0.4, 0.5) is 11.4 Å². The molecule has 2 aromatic rings. The number of hydrogen-bond acceptors (Lipinski definition) is 4. The van der Waals surface area contributed by atoms with Crippen LogP contribution in [0.25, 0.3) is 0 Å². The maximum absolute atomic E-state index is 12.6. The number of allylic oxidation sites excluding steroid dienone is 2. The fraction of sp³-hybridized carbons (Fsp3) is 0.222. The first-order valence-corrected chi connectivity index (χ1v) is 7.44. The number of benzene rings is 1. The zero-order chi connectivity index (χ0) is 15.1. The maximum Gasteiger partial charge on any atom is 0.167 e. The number of nitrogens with zero attached hydrogens (tertiary/aromatic N) is 1. The lowest BCUT2D eigenvalue weighted by Crippen LogP contribution is -2.26. The number of fused-ring (bicyclic) bond motifs is 2. The van der Waals surface area contributed by atoms with Gasteiger partial charge < -0.3 is 9.73 Å². The van der Waals surface area contributed by atoms with Gasteiger partial charge in [0, 0.05) is 24.5 Å². The minimum Gasteiger partial charge on any atom is -0.469 e. The third kappa shape index (κ3) is 2.08. The van der Waals surface area contributed by atoms with Gasteiger partial charge >= 0.3 is 0 Å². The Kier molecular flexibility index (Phi) is 2.96. The van der Waals surface area contributed by atoms with Gasteiger partial charge in [-0.1, -0.05) is 12.1 Å². The Morgan fingerprint density at radius 2 is 2.05 bits per heavy atom. The Hall–Kier alpha value is -2.62. The molecule has 1 N–H and O–H groups in total. The highest BCUT2D eigenvalue weighted by Gasteiger charge is 2.33. The highest BCUT2D eigenvalue weighted by Crippen LogP contribution is 2.38. The molecular weight excluding hydrogens is 276 g/mol. The molecule has 0 unspecified atom stereocenters. The van der Waals surface area contributed by atoms with E-state index < -0.39 is 0 Å². The molecule has 1 fully saturated rings. The van der Waals surface area contributed by atoms with Crippen molar-refractivity contribution in [3.8, 4) is 0 Å². The van der Waals surface area contributed by atoms with E-state index >= 15 is 0 Å². The van der Waals surface area contributed by atoms with Crippen LogP contribution in [0, 0.1) is 0 Å². The van der Waals surface area contributed by atoms with Crippen LogP contribution < -0.4 is 5.32 Å². The highest BCUT2D eigenvalue weighted by atomic mass is 16.3. The lowest BCUT2D eigenvalue weighted by atomic mass is 9.81. The number of nitrogens with one attached hydrogen (secondary N) is 1. The average molecular weight is 292 g/mol. The summed E-state index contributed by atoms with van der Waals surface area (Å²) >= 11 is 0. The van der Waals surface area contributed by atoms with Crippen molar-refractivity contribution in [1.29, 1.82) is 0 Å². The van der Waals surface area contributed by atoms with Crippen LogP contribution in [0.1, 0.15) is 31.4 Å². The molecule has 2 aliphatic rings. The van der Waals surface area contributed by atoms with Crippen molar-refractivity contribution in [3.05, 3.63) is 59.7 Å². The van der Waals surface area contributed by atoms with Gasteiger partial charge in [0.1, 0.15) is 5.76 Å². The molecule has 4 heteroatoms. The van der Waals surface area contributed by atoms with Crippen LogP contribution >= 0.6 is 0 Å². The molecule has 1 atom stereocenters. The Balaban J connectivity index is 1.81. The normalized spacial score (nSPS) is 20.7. The van der Waals surface area contributed by atoms with Gasteiger partial charge in [0.25, 0.3) is 0 Å². The summed E-state index contributed by atoms with van der Waals surface area (Å²) < 4.78 is 5.49. The molecule has 2 heterocycles. The number of carbonyl (C=O) groups is 1. The first-order chi connectivity index (χ1) is 10.7. The van der Waals surface area contributed by atoms with Crippen molar-refractivity contribution >= 4 is 22.9 Å². The summed E-state index contributed by atoms with van der Waals surface area (Å²) in [5.41, 5.74) is 4.29. The van der Waals surface area contributed by atoms with Crippen LogP contribution in [-0.4, -0.2) is 11.5 Å². The molecule has 1 aromatic carbocycles. The van der Waals surface area contributed by atoms with Crippen LogP contribution in [0.2, 0.25) is 0 Å². The molecule has 4 nitrogen and oxygen atoms in total. The summed E-state index contributed by atoms with van der Waals surface area (Å²) in [6.07, 6.45) is 2.85. The van der Waals surface area contributed by atoms with Crippen molar-refractivity contribution < 1.29 is 9.21 Å². The van der Waals surface area contributed by atoms with E-state index in [0.717, 1.165) is 40.5 Å². The first-order valence-electron chi connectivity index (χ1n) is 7.44. The van der Waals surface area contributed by atoms with Crippen LogP contribution in [-0.2, 0) is 4.79 Å². The van der Waals surface area contributed by atoms with Crippen LogP contribution in [0.3, 0.4) is 0 Å². The maximum atomic E-state index is 12.6. The van der Waals surface area contributed by atoms with Crippen molar-refractivity contribution in [3.63, 3.8) is 0 Å². The summed E-state index contributed by atoms with van der Waals surface area (Å²) in [7, 11) is 0. The molecule has 0 amide bonds. The number of rotatable bonds is 1. The lowest BCUT2D eigenvalue weighted by molar-refractivity contribution is -0.115. The highest BCUT2D eigenvalue weighted by molar-refractivity contribution is 6.26. The van der Waals surface area contributed by atoms with Gasteiger partial charge in [-0.25, -0.2) is 0 Å². The standard InChI is InChI=1S/C18H16N2O2/c1-11-18-15(20-14-6-3-2-5-13(14)19-11)9-12(10-16(18)21)17-7-4-8-22-17/h2-8,12,19H,9-10H2,1H3/t12-/m0/s1. The van der Waals surface area contributed by atoms with Gasteiger partial charge in [-0.3, -0.25) is 9.79 Å². The van der Waals surface area contributed by atoms with Crippen molar-refractivity contribution in [2.45, 2.75) is 25.7 Å². The minimum absolute atomic E-state index is 0.0723. The Labute approximate surface area is 128 Å². The summed E-state index contributed by atoms with van der Waals surface area (Å²) in [6, 6.07) is 11.7. The van der Waals surface area contributed by atoms with Crippen molar-refractivity contribution in [2.75, 3.05) is 5.32 Å². The Morgan fingerprint density at radius 1 is 1.18 bits per heavy atom. The van der Waals surface area contributed by atoms with Crippen LogP contribution in [0.5, 0.6) is 0 Å². The summed E-state index contributed by atoms with van der Waals surface area (Å²) in [5.74, 6) is 1.06. The molecule has 0 radical (unpaired) electrons. The number of ketones is 1. The molecule has 1 aromatic heterocycles. The van der Waals surface area contributed by atoms with E-state index in [1.165, 1.54) is 0 Å². The van der Waals surface area contributed by atoms with Gasteiger partial charge in [0.2, 0.25) is 0 Å². The monoisotopic (exact) mass is 292 g/mol. The summed E-state index contributed by atoms with van der Waals surface area (Å²) in [5, 5.41) is 3.32. The van der Waals surface area contributed by atoms with Gasteiger partial charge in [0.15, 0.2) is 5.78 Å². The molecule has 0 spiro atoms. The second-order valence-corrected chi connectivity index (χ2v) is 5.74. The van der Waals surface area contributed by atoms with E-state index in [1.54, 1.807) is 6.26 Å². The quantitative estimate of drug-likeness (QED) is 0.857. The minimum atomic E-state index is 0.0723. The van der Waals surface area contributed by atoms with Crippen molar-refractivity contribution in [1.82, 2.24) is 0 Å². The average Bonchev–Trinajstić information content (AvgIpc) is 2.98. The number of para-hydroxylation sites is 2. The molecule has 1 saturated carbocycles. The molecule has 22 heavy (non-hydrogen) atoms. The second kappa shape index (κ2) is 4.98. The zero-order valence-electron chi connectivity index (χ0n) is 12.3. The number of aliphatic imine (C=N–C) groups is 1. The van der Waals surface area contributed by atoms with Gasteiger partial charge in [-0.2, -0.15) is 0 Å². The molecule has 0 bridgehead atoms. The first kappa shape index (κ1) is 13.1. The molecular formula is C18H16N2O2. The van der Waals surface area contributed by atoms with Crippen molar-refractivity contribution in [2.24, 2.45) is 4.99 Å². The zero-order valence-corrected chi connectivity index (χ0v) is 12.3. The summed E-state index contributed by atoms with van der Waals surface area (Å²) in [6.45, 7) is 1.94. The Bertz CT molecular complexity index is 800. The van der Waals surface area contributed by atoms with E-state index in [9.17, 15) is 4.79 Å². The lowest BCUT2D eigenvalue weighted by Gasteiger charge is -2.23. The second-order valence-electron chi connectivity index (χ2n) is 5.74. The third-order valence-corrected chi connectivity index (χ3v) is 4.24. The van der Waals surface area contributed by atoms with Gasteiger partial charge in [-0.15, -0.1) is 0 Å². The number of Topliss-reactive ketones (excluding diaryl/α,β-unsaturated/α-hetero) is 1. The molecule has 1 aliphatic carbocycles. The molecule has 0 saturated heterocycles. The fourth-order valence-corrected chi connectivity index (χ4v) is 3.23. The topological polar surface area (TPSA) is 54.6 Å². The van der Waals surface area contributed by atoms with E-state index in [1.807, 2.05) is 43.3 Å². The number of carbonyl (C=O) groups excluding carboxylic acids is 1. The molecule has 4 rings (SSSR count). The molecule has 110 valence electrons. The van der Waals surface area contributed by atoms with Gasteiger partial charge in [-0.05, 0) is 31.2 Å². The van der Waals surface area contributed by atoms with Gasteiger partial charge in [0.05, 0.1) is 28.9 Å². The van der Waals surface area contributed by atoms with E-state index in [2.05, 4.69) is 5.32 Å². The van der Waals surface area contributed by atoms with Crippen LogP contribution in [0.15, 0.2) is 63.3 Å². The Morgan fingerprint density at radius 3 is 2.86 bits per heavy atom. The van der Waals surface area contributed by atoms with E-state index in [0.29, 0.717) is 6.42 Å². The summed E-state index contributed by atoms with van der Waals surface area (Å²) in [4.78, 5) is 17.4. The number of furan rings is 1. The largest absolute Gasteiger partial charge is 0.469 e. The number of anilines is 1. The number of hydrogen-bond donors (Lipinski definition) is 1. The predicted octanol–water partition coefficient (Wildman–Crippen LogP) is 4.20.